The van der Waals surface area contributed by atoms with Crippen molar-refractivity contribution in [3.8, 4) is 0 Å². The summed E-state index contributed by atoms with van der Waals surface area (Å²) in [4.78, 5) is 23.2. The maximum atomic E-state index is 11.6. The quantitative estimate of drug-likeness (QED) is 0.265. The summed E-state index contributed by atoms with van der Waals surface area (Å²) >= 11 is 0. The first-order chi connectivity index (χ1) is 10.2. The second kappa shape index (κ2) is 14.7. The molecule has 1 saturated heterocycles. The second-order valence-corrected chi connectivity index (χ2v) is 6.02. The number of rotatable bonds is 11. The van der Waals surface area contributed by atoms with E-state index in [0.29, 0.717) is 6.42 Å². The standard InChI is InChI=1S/C17H31NO3.Na.H/c1-2-3-4-5-6-7-8-9-10-13-16(19)21-17(20)15-12-11-14-18-15;;/h15,18H,2-14H2,1H3;;/q;+1;-1/t15-;;/m1../s1. The predicted octanol–water partition coefficient (Wildman–Crippen LogP) is 0.846. The predicted molar refractivity (Wildman–Crippen MR) is 85.1 cm³/mol. The van der Waals surface area contributed by atoms with Gasteiger partial charge in [-0.15, -0.1) is 0 Å². The van der Waals surface area contributed by atoms with Gasteiger partial charge in [0, 0.05) is 6.42 Å². The fraction of sp³-hybridized carbons (Fsp3) is 0.882. The Bertz CT molecular complexity index is 310. The van der Waals surface area contributed by atoms with Crippen LogP contribution in [0.3, 0.4) is 0 Å². The summed E-state index contributed by atoms with van der Waals surface area (Å²) < 4.78 is 4.87. The molecule has 124 valence electrons. The van der Waals surface area contributed by atoms with E-state index in [1.165, 1.54) is 44.9 Å². The number of carbonyl (C=O) groups is 2. The van der Waals surface area contributed by atoms with E-state index in [9.17, 15) is 9.59 Å². The van der Waals surface area contributed by atoms with Crippen LogP contribution in [0, 0.1) is 0 Å². The summed E-state index contributed by atoms with van der Waals surface area (Å²) in [5.74, 6) is -0.759. The number of hydrogen-bond acceptors (Lipinski definition) is 4. The zero-order chi connectivity index (χ0) is 15.3. The minimum Gasteiger partial charge on any atom is -1.00 e. The molecule has 0 spiro atoms. The molecule has 4 nitrogen and oxygen atoms in total. The number of ether oxygens (including phenoxy) is 1. The molecule has 1 aliphatic rings. The molecule has 0 radical (unpaired) electrons. The van der Waals surface area contributed by atoms with Crippen LogP contribution in [0.2, 0.25) is 0 Å². The van der Waals surface area contributed by atoms with Gasteiger partial charge < -0.3 is 11.5 Å². The van der Waals surface area contributed by atoms with Crippen LogP contribution in [0.5, 0.6) is 0 Å². The molecule has 0 bridgehead atoms. The molecule has 0 aromatic rings. The van der Waals surface area contributed by atoms with E-state index in [-0.39, 0.29) is 43.0 Å². The van der Waals surface area contributed by atoms with E-state index >= 15 is 0 Å². The van der Waals surface area contributed by atoms with Gasteiger partial charge >= 0.3 is 41.5 Å². The third kappa shape index (κ3) is 10.8. The molecule has 0 unspecified atom stereocenters. The van der Waals surface area contributed by atoms with Crippen LogP contribution in [0.1, 0.15) is 85.4 Å². The molecule has 1 rings (SSSR count). The Labute approximate surface area is 158 Å². The summed E-state index contributed by atoms with van der Waals surface area (Å²) in [6.45, 7) is 3.07. The Morgan fingerprint density at radius 2 is 1.64 bits per heavy atom. The van der Waals surface area contributed by atoms with E-state index in [0.717, 1.165) is 32.2 Å². The van der Waals surface area contributed by atoms with Crippen LogP contribution in [0.25, 0.3) is 0 Å². The van der Waals surface area contributed by atoms with Gasteiger partial charge in [-0.2, -0.15) is 0 Å². The second-order valence-electron chi connectivity index (χ2n) is 6.02. The Morgan fingerprint density at radius 3 is 2.18 bits per heavy atom. The molecule has 0 amide bonds. The van der Waals surface area contributed by atoms with E-state index < -0.39 is 5.97 Å². The number of hydrogen-bond donors (Lipinski definition) is 1. The van der Waals surface area contributed by atoms with Crippen LogP contribution in [0.15, 0.2) is 0 Å². The Morgan fingerprint density at radius 1 is 1.05 bits per heavy atom. The topological polar surface area (TPSA) is 55.4 Å². The molecule has 1 atom stereocenters. The summed E-state index contributed by atoms with van der Waals surface area (Å²) in [6.07, 6.45) is 13.1. The van der Waals surface area contributed by atoms with Gasteiger partial charge in [-0.05, 0) is 25.8 Å². The van der Waals surface area contributed by atoms with E-state index in [4.69, 9.17) is 4.74 Å². The zero-order valence-corrected chi connectivity index (χ0v) is 16.5. The van der Waals surface area contributed by atoms with Crippen molar-refractivity contribution in [2.24, 2.45) is 0 Å². The summed E-state index contributed by atoms with van der Waals surface area (Å²) in [5, 5.41) is 3.04. The third-order valence-corrected chi connectivity index (χ3v) is 4.04. The van der Waals surface area contributed by atoms with Gasteiger partial charge in [-0.1, -0.05) is 58.3 Å². The minimum absolute atomic E-state index is 0. The number of nitrogens with one attached hydrogen (secondary N) is 1. The first kappa shape index (κ1) is 22.1. The Kier molecular flexibility index (Phi) is 14.7. The first-order valence-electron chi connectivity index (χ1n) is 8.72. The van der Waals surface area contributed by atoms with Gasteiger partial charge in [0.05, 0.1) is 0 Å². The zero-order valence-electron chi connectivity index (χ0n) is 15.5. The maximum absolute atomic E-state index is 11.6. The summed E-state index contributed by atoms with van der Waals surface area (Å²) in [6, 6.07) is -0.267. The van der Waals surface area contributed by atoms with E-state index in [1.54, 1.807) is 0 Å². The van der Waals surface area contributed by atoms with Crippen LogP contribution < -0.4 is 34.9 Å². The van der Waals surface area contributed by atoms with Gasteiger partial charge in [-0.25, -0.2) is 4.79 Å². The Balaban J connectivity index is 0. The van der Waals surface area contributed by atoms with E-state index in [1.807, 2.05) is 0 Å². The maximum Gasteiger partial charge on any atom is 1.00 e. The SMILES string of the molecule is CCCCCCCCCCCC(=O)OC(=O)[C@H]1CCCN1.[H-].[Na+]. The third-order valence-electron chi connectivity index (χ3n) is 4.04. The average molecular weight is 321 g/mol. The summed E-state index contributed by atoms with van der Waals surface area (Å²) in [5.41, 5.74) is 0. The molecule has 22 heavy (non-hydrogen) atoms. The van der Waals surface area contributed by atoms with Crippen LogP contribution >= 0.6 is 0 Å². The molecule has 0 aromatic heterocycles. The van der Waals surface area contributed by atoms with Crippen molar-refractivity contribution < 1.29 is 45.3 Å². The van der Waals surface area contributed by atoms with Crippen molar-refractivity contribution in [2.75, 3.05) is 6.54 Å². The molecule has 0 aromatic carbocycles. The normalized spacial score (nSPS) is 17.0. The van der Waals surface area contributed by atoms with Crippen molar-refractivity contribution in [2.45, 2.75) is 90.0 Å². The average Bonchev–Trinajstić information content (AvgIpc) is 3.00. The van der Waals surface area contributed by atoms with Crippen molar-refractivity contribution in [1.29, 1.82) is 0 Å². The van der Waals surface area contributed by atoms with Gasteiger partial charge in [-0.3, -0.25) is 4.79 Å². The van der Waals surface area contributed by atoms with Gasteiger partial charge in [0.2, 0.25) is 0 Å². The number of esters is 2. The van der Waals surface area contributed by atoms with Crippen molar-refractivity contribution in [3.05, 3.63) is 0 Å². The van der Waals surface area contributed by atoms with Crippen molar-refractivity contribution in [3.63, 3.8) is 0 Å². The number of carbonyl (C=O) groups excluding carboxylic acids is 2. The van der Waals surface area contributed by atoms with Crippen LogP contribution in [0.4, 0.5) is 0 Å². The number of unbranched alkanes of at least 4 members (excludes halogenated alkanes) is 8. The van der Waals surface area contributed by atoms with E-state index in [2.05, 4.69) is 12.2 Å². The van der Waals surface area contributed by atoms with Crippen LogP contribution in [-0.2, 0) is 14.3 Å². The largest absolute Gasteiger partial charge is 1.00 e. The monoisotopic (exact) mass is 321 g/mol. The molecule has 0 saturated carbocycles. The smallest absolute Gasteiger partial charge is 1.00 e. The fourth-order valence-corrected chi connectivity index (χ4v) is 2.70. The van der Waals surface area contributed by atoms with Gasteiger partial charge in [0.25, 0.3) is 0 Å². The van der Waals surface area contributed by atoms with Crippen LogP contribution in [-0.4, -0.2) is 24.5 Å². The molecular weight excluding hydrogens is 289 g/mol. The molecule has 1 aliphatic heterocycles. The molecular formula is C17H32NNaO3. The fourth-order valence-electron chi connectivity index (χ4n) is 2.70. The van der Waals surface area contributed by atoms with Gasteiger partial charge in [0.15, 0.2) is 0 Å². The molecule has 0 aliphatic carbocycles. The minimum atomic E-state index is -0.395. The molecule has 1 heterocycles. The molecule has 1 fully saturated rings. The first-order valence-corrected chi connectivity index (χ1v) is 8.72. The molecule has 1 N–H and O–H groups in total. The summed E-state index contributed by atoms with van der Waals surface area (Å²) in [7, 11) is 0. The van der Waals surface area contributed by atoms with Gasteiger partial charge in [0.1, 0.15) is 6.04 Å². The molecule has 5 heteroatoms. The van der Waals surface area contributed by atoms with Crippen molar-refractivity contribution in [1.82, 2.24) is 5.32 Å². The van der Waals surface area contributed by atoms with Crippen molar-refractivity contribution >= 4 is 11.9 Å². The Hall–Kier alpha value is 0.1000.